The molecule has 5 fully saturated rings. The molecule has 0 radical (unpaired) electrons. The average molecular weight is 842 g/mol. The van der Waals surface area contributed by atoms with Gasteiger partial charge in [-0.15, -0.1) is 0 Å². The summed E-state index contributed by atoms with van der Waals surface area (Å²) in [5, 5.41) is 26.9. The fourth-order valence-electron chi connectivity index (χ4n) is 13.7. The van der Waals surface area contributed by atoms with Gasteiger partial charge in [0.15, 0.2) is 5.78 Å². The van der Waals surface area contributed by atoms with Crippen LogP contribution >= 0.6 is 0 Å². The zero-order chi connectivity index (χ0) is 43.3. The van der Waals surface area contributed by atoms with E-state index in [9.17, 15) is 15.0 Å². The van der Waals surface area contributed by atoms with Crippen molar-refractivity contribution in [3.63, 3.8) is 0 Å². The lowest BCUT2D eigenvalue weighted by Gasteiger charge is -2.58. The highest BCUT2D eigenvalue weighted by Crippen LogP contribution is 2.62. The smallest absolute Gasteiger partial charge is 0.410 e. The van der Waals surface area contributed by atoms with Gasteiger partial charge in [-0.3, -0.25) is 4.79 Å². The van der Waals surface area contributed by atoms with E-state index >= 15 is 4.79 Å². The normalized spacial score (nSPS) is 30.1. The Kier molecular flexibility index (Phi) is 11.2. The highest BCUT2D eigenvalue weighted by atomic mass is 16.6. The Bertz CT molecular complexity index is 2510. The molecule has 12 rings (SSSR count). The van der Waals surface area contributed by atoms with Crippen molar-refractivity contribution in [2.24, 2.45) is 28.6 Å². The molecule has 4 atom stereocenters. The Morgan fingerprint density at radius 2 is 1.44 bits per heavy atom. The number of benzene rings is 5. The minimum Gasteiger partial charge on any atom is -0.410 e. The standard InChI is InChI=1S/C57H63NO5/c1-38-11-10-25-55(2)52(49-23-19-39(30-46(59)21-18-38)31-51(49)53(60)50-17-9-8-16-48(50)44-13-4-3-5-14-44)24-26-57(55,62)37-58(36-56-33-40-27-41(34-56)29-42(28-40)35-56)54(61)63-47-22-20-43-12-6-7-15-45(43)32-47/h3-9,11-17,19-20,22-23,31-32,40-42,46,52,59,62H,10,18,21,24-30,33-37H2,1-2H3. The number of carbonyl (C=O) groups excluding carboxylic acids is 2. The second-order valence-electron chi connectivity index (χ2n) is 20.8. The molecule has 63 heavy (non-hydrogen) atoms. The van der Waals surface area contributed by atoms with Gasteiger partial charge >= 0.3 is 6.09 Å². The Balaban J connectivity index is 1.04. The number of nitrogens with zero attached hydrogens (tertiary/aromatic N) is 1. The predicted molar refractivity (Wildman–Crippen MR) is 251 cm³/mol. The van der Waals surface area contributed by atoms with Crippen molar-refractivity contribution < 1.29 is 24.5 Å². The van der Waals surface area contributed by atoms with Gasteiger partial charge < -0.3 is 19.8 Å². The Morgan fingerprint density at radius 3 is 2.21 bits per heavy atom. The number of ether oxygens (including phenoxy) is 1. The quantitative estimate of drug-likeness (QED) is 0.120. The summed E-state index contributed by atoms with van der Waals surface area (Å²) in [5.41, 5.74) is 4.29. The fourth-order valence-corrected chi connectivity index (χ4v) is 13.7. The van der Waals surface area contributed by atoms with Crippen LogP contribution < -0.4 is 4.74 Å². The predicted octanol–water partition coefficient (Wildman–Crippen LogP) is 12.5. The first kappa shape index (κ1) is 41.9. The van der Waals surface area contributed by atoms with E-state index in [4.69, 9.17) is 4.74 Å². The van der Waals surface area contributed by atoms with Crippen LogP contribution in [0.4, 0.5) is 4.79 Å². The summed E-state index contributed by atoms with van der Waals surface area (Å²) in [6, 6.07) is 38.1. The lowest BCUT2D eigenvalue weighted by atomic mass is 9.49. The minimum absolute atomic E-state index is 0.0294. The third-order valence-corrected chi connectivity index (χ3v) is 16.5. The summed E-state index contributed by atoms with van der Waals surface area (Å²) < 4.78 is 6.35. The molecular weight excluding hydrogens is 779 g/mol. The van der Waals surface area contributed by atoms with Crippen molar-refractivity contribution in [2.75, 3.05) is 13.1 Å². The van der Waals surface area contributed by atoms with Gasteiger partial charge in [0.2, 0.25) is 0 Å². The molecule has 4 unspecified atom stereocenters. The van der Waals surface area contributed by atoms with Gasteiger partial charge in [0.25, 0.3) is 0 Å². The van der Waals surface area contributed by atoms with Crippen molar-refractivity contribution in [3.05, 3.63) is 149 Å². The zero-order valence-electron chi connectivity index (χ0n) is 37.1. The lowest BCUT2D eigenvalue weighted by Crippen LogP contribution is -2.58. The maximum absolute atomic E-state index is 15.2. The van der Waals surface area contributed by atoms with E-state index in [1.54, 1.807) is 0 Å². The summed E-state index contributed by atoms with van der Waals surface area (Å²) in [4.78, 5) is 32.0. The van der Waals surface area contributed by atoms with Gasteiger partial charge in [-0.1, -0.05) is 116 Å². The molecule has 0 aromatic heterocycles. The van der Waals surface area contributed by atoms with Gasteiger partial charge in [0, 0.05) is 23.1 Å². The largest absolute Gasteiger partial charge is 0.415 e. The van der Waals surface area contributed by atoms with Crippen LogP contribution in [0.15, 0.2) is 127 Å². The molecular formula is C57H63NO5. The number of aliphatic hydroxyl groups is 2. The molecule has 0 aliphatic heterocycles. The van der Waals surface area contributed by atoms with Crippen LogP contribution in [0.5, 0.6) is 5.75 Å². The second-order valence-corrected chi connectivity index (χ2v) is 20.8. The molecule has 7 aliphatic carbocycles. The number of hydrogen-bond donors (Lipinski definition) is 2. The van der Waals surface area contributed by atoms with Crippen molar-refractivity contribution in [3.8, 4) is 16.9 Å². The van der Waals surface area contributed by atoms with E-state index in [0.29, 0.717) is 73.3 Å². The van der Waals surface area contributed by atoms with Crippen molar-refractivity contribution in [2.45, 2.75) is 115 Å². The summed E-state index contributed by atoms with van der Waals surface area (Å²) in [7, 11) is 0. The van der Waals surface area contributed by atoms with Gasteiger partial charge in [0.1, 0.15) is 5.75 Å². The summed E-state index contributed by atoms with van der Waals surface area (Å²) in [6.45, 7) is 5.12. The zero-order valence-corrected chi connectivity index (χ0v) is 37.1. The van der Waals surface area contributed by atoms with E-state index in [1.807, 2.05) is 102 Å². The van der Waals surface area contributed by atoms with Crippen molar-refractivity contribution in [1.29, 1.82) is 0 Å². The molecule has 5 aromatic rings. The average Bonchev–Trinajstić information content (AvgIpc) is 3.53. The molecule has 5 aromatic carbocycles. The molecule has 0 saturated heterocycles. The summed E-state index contributed by atoms with van der Waals surface area (Å²) in [6.07, 6.45) is 13.1. The fraction of sp³-hybridized carbons (Fsp3) is 0.439. The van der Waals surface area contributed by atoms with Gasteiger partial charge in [-0.05, 0) is 171 Å². The Hall–Kier alpha value is -5.04. The molecule has 0 heterocycles. The monoisotopic (exact) mass is 841 g/mol. The SMILES string of the molecule is CC1=CCCC2(C)C(CCC2(O)CN(CC23CC4CC(CC(C4)C2)C3)C(=O)Oc2ccc3ccccc3c2)c2ccc(cc2C(=O)c2ccccc2-c2ccccc2)CC(O)CC1. The molecule has 5 saturated carbocycles. The number of carbonyl (C=O) groups is 2. The summed E-state index contributed by atoms with van der Waals surface area (Å²) in [5.74, 6) is 2.44. The molecule has 1 amide bonds. The maximum atomic E-state index is 15.2. The van der Waals surface area contributed by atoms with E-state index in [-0.39, 0.29) is 23.7 Å². The highest BCUT2D eigenvalue weighted by Gasteiger charge is 2.59. The highest BCUT2D eigenvalue weighted by molar-refractivity contribution is 6.14. The van der Waals surface area contributed by atoms with E-state index < -0.39 is 23.2 Å². The summed E-state index contributed by atoms with van der Waals surface area (Å²) >= 11 is 0. The van der Waals surface area contributed by atoms with Gasteiger partial charge in [-0.25, -0.2) is 4.79 Å². The molecule has 326 valence electrons. The Morgan fingerprint density at radius 1 is 0.746 bits per heavy atom. The number of hydrogen-bond acceptors (Lipinski definition) is 5. The number of rotatable bonds is 8. The van der Waals surface area contributed by atoms with Gasteiger partial charge in [0.05, 0.1) is 18.2 Å². The third-order valence-electron chi connectivity index (χ3n) is 16.5. The number of ketones is 1. The van der Waals surface area contributed by atoms with Crippen molar-refractivity contribution >= 4 is 22.6 Å². The van der Waals surface area contributed by atoms with Crippen LogP contribution in [-0.4, -0.2) is 51.8 Å². The van der Waals surface area contributed by atoms with Crippen LogP contribution in [0, 0.1) is 28.6 Å². The van der Waals surface area contributed by atoms with Crippen LogP contribution in [0.3, 0.4) is 0 Å². The molecule has 7 aliphatic rings. The second kappa shape index (κ2) is 16.8. The van der Waals surface area contributed by atoms with E-state index in [1.165, 1.54) is 24.8 Å². The molecule has 6 bridgehead atoms. The van der Waals surface area contributed by atoms with E-state index in [0.717, 1.165) is 65.1 Å². The first-order valence-corrected chi connectivity index (χ1v) is 23.8. The number of aliphatic hydroxyl groups excluding tert-OH is 1. The lowest BCUT2D eigenvalue weighted by molar-refractivity contribution is -0.101. The molecule has 6 nitrogen and oxygen atoms in total. The van der Waals surface area contributed by atoms with Crippen molar-refractivity contribution in [1.82, 2.24) is 4.90 Å². The van der Waals surface area contributed by atoms with Gasteiger partial charge in [-0.2, -0.15) is 0 Å². The molecule has 0 spiro atoms. The van der Waals surface area contributed by atoms with Crippen LogP contribution in [-0.2, 0) is 6.42 Å². The Labute approximate surface area is 373 Å². The minimum atomic E-state index is -1.27. The number of allylic oxidation sites excluding steroid dienone is 2. The first-order chi connectivity index (χ1) is 30.5. The van der Waals surface area contributed by atoms with E-state index in [2.05, 4.69) is 38.1 Å². The number of fused-ring (bicyclic) bond motifs is 9. The maximum Gasteiger partial charge on any atom is 0.415 e. The molecule has 6 heteroatoms. The van der Waals surface area contributed by atoms with Crippen LogP contribution in [0.2, 0.25) is 0 Å². The number of amides is 1. The van der Waals surface area contributed by atoms with Crippen LogP contribution in [0.25, 0.3) is 21.9 Å². The molecule has 2 N–H and O–H groups in total. The third kappa shape index (κ3) is 8.19. The van der Waals surface area contributed by atoms with Crippen LogP contribution in [0.1, 0.15) is 124 Å². The topological polar surface area (TPSA) is 87.1 Å². The first-order valence-electron chi connectivity index (χ1n) is 23.8.